The molecule has 0 fully saturated rings. The largest absolute Gasteiger partial charge is 0.365 e. The van der Waals surface area contributed by atoms with E-state index in [2.05, 4.69) is 81.4 Å². The fourth-order valence-electron chi connectivity index (χ4n) is 5.87. The summed E-state index contributed by atoms with van der Waals surface area (Å²) in [7, 11) is 0. The Labute approximate surface area is 347 Å². The van der Waals surface area contributed by atoms with Crippen LogP contribution in [0.15, 0.2) is 150 Å². The Bertz CT molecular complexity index is 2720. The number of rotatable bonds is 13. The predicted octanol–water partition coefficient (Wildman–Crippen LogP) is 7.76. The third-order valence-corrected chi connectivity index (χ3v) is 8.96. The average Bonchev–Trinajstić information content (AvgIpc) is 4.00. The Morgan fingerprint density at radius 1 is 0.667 bits per heavy atom. The molecule has 1 aliphatic heterocycles. The van der Waals surface area contributed by atoms with E-state index in [1.165, 1.54) is 31.1 Å². The van der Waals surface area contributed by atoms with Crippen molar-refractivity contribution < 1.29 is 4.39 Å². The third kappa shape index (κ3) is 10.5. The van der Waals surface area contributed by atoms with Gasteiger partial charge in [0, 0.05) is 42.9 Å². The second-order valence-corrected chi connectivity index (χ2v) is 13.3. The number of anilines is 5. The summed E-state index contributed by atoms with van der Waals surface area (Å²) in [5.41, 5.74) is 6.16. The molecule has 1 atom stereocenters. The Hall–Kier alpha value is -7.99. The molecule has 0 radical (unpaired) electrons. The van der Waals surface area contributed by atoms with Gasteiger partial charge in [-0.25, -0.2) is 44.0 Å². The quantitative estimate of drug-likeness (QED) is 0.0952. The minimum Gasteiger partial charge on any atom is -0.365 e. The van der Waals surface area contributed by atoms with E-state index in [1.54, 1.807) is 41.5 Å². The van der Waals surface area contributed by atoms with Crippen molar-refractivity contribution in [2.75, 3.05) is 16.0 Å². The van der Waals surface area contributed by atoms with Gasteiger partial charge in [0.25, 0.3) is 0 Å². The Morgan fingerprint density at radius 3 is 2.03 bits per heavy atom. The van der Waals surface area contributed by atoms with Gasteiger partial charge in [0.2, 0.25) is 11.9 Å². The molecule has 0 spiro atoms. The number of hydrogen-bond donors (Lipinski definition) is 3. The summed E-state index contributed by atoms with van der Waals surface area (Å²) in [6, 6.07) is 29.4. The SMILES string of the molecule is Clc1ncccc1-c1ncnc(Nc2cccc(Cn3ccnn3)c2)n1.Fc1ccc(CNc2ncccc2-c2ncnc(Nc3cccc(CC4N=CN=N4)c3)n2)cc1. The highest BCUT2D eigenvalue weighted by Crippen LogP contribution is 2.26. The fraction of sp³-hybridized carbons (Fsp3) is 0.0976. The van der Waals surface area contributed by atoms with Crippen LogP contribution >= 0.6 is 11.6 Å². The lowest BCUT2D eigenvalue weighted by Crippen LogP contribution is -2.06. The lowest BCUT2D eigenvalue weighted by atomic mass is 10.1. The highest BCUT2D eigenvalue weighted by Gasteiger charge is 2.13. The minimum atomic E-state index is -0.268. The molecule has 19 heteroatoms. The minimum absolute atomic E-state index is 0.176. The van der Waals surface area contributed by atoms with Crippen LogP contribution in [0.1, 0.15) is 16.7 Å². The Morgan fingerprint density at radius 2 is 1.35 bits per heavy atom. The molecule has 1 unspecified atom stereocenters. The molecule has 6 heterocycles. The van der Waals surface area contributed by atoms with E-state index in [9.17, 15) is 4.39 Å². The number of aromatic nitrogens is 11. The second-order valence-electron chi connectivity index (χ2n) is 12.9. The Balaban J connectivity index is 0.000000172. The number of halogens is 2. The van der Waals surface area contributed by atoms with E-state index in [1.807, 2.05) is 72.9 Å². The van der Waals surface area contributed by atoms with Gasteiger partial charge in [-0.05, 0) is 77.4 Å². The van der Waals surface area contributed by atoms with Crippen LogP contribution in [0.2, 0.25) is 5.15 Å². The molecule has 9 rings (SSSR count). The van der Waals surface area contributed by atoms with Crippen molar-refractivity contribution in [1.29, 1.82) is 0 Å². The summed E-state index contributed by atoms with van der Waals surface area (Å²) in [4.78, 5) is 38.6. The van der Waals surface area contributed by atoms with Crippen LogP contribution in [0.3, 0.4) is 0 Å². The molecule has 0 amide bonds. The van der Waals surface area contributed by atoms with Gasteiger partial charge < -0.3 is 16.0 Å². The van der Waals surface area contributed by atoms with Gasteiger partial charge in [-0.1, -0.05) is 53.2 Å². The van der Waals surface area contributed by atoms with Gasteiger partial charge in [-0.15, -0.1) is 10.2 Å². The molecule has 5 aromatic heterocycles. The highest BCUT2D eigenvalue weighted by atomic mass is 35.5. The summed E-state index contributed by atoms with van der Waals surface area (Å²) < 4.78 is 14.9. The molecule has 1 aliphatic rings. The van der Waals surface area contributed by atoms with Crippen molar-refractivity contribution >= 4 is 47.0 Å². The molecule has 8 aromatic rings. The van der Waals surface area contributed by atoms with E-state index in [0.717, 1.165) is 33.6 Å². The first-order valence-electron chi connectivity index (χ1n) is 18.4. The predicted molar refractivity (Wildman–Crippen MR) is 224 cm³/mol. The van der Waals surface area contributed by atoms with Crippen LogP contribution in [0, 0.1) is 5.82 Å². The van der Waals surface area contributed by atoms with E-state index in [0.29, 0.717) is 59.6 Å². The first kappa shape index (κ1) is 38.9. The summed E-state index contributed by atoms with van der Waals surface area (Å²) in [6.07, 6.45) is 11.6. The van der Waals surface area contributed by atoms with Crippen molar-refractivity contribution in [3.8, 4) is 22.8 Å². The highest BCUT2D eigenvalue weighted by molar-refractivity contribution is 6.31. The number of hydrogen-bond acceptors (Lipinski definition) is 16. The maximum Gasteiger partial charge on any atom is 0.230 e. The van der Waals surface area contributed by atoms with Gasteiger partial charge in [0.1, 0.15) is 35.8 Å². The van der Waals surface area contributed by atoms with Gasteiger partial charge in [-0.2, -0.15) is 15.1 Å². The van der Waals surface area contributed by atoms with Crippen LogP contribution in [0.25, 0.3) is 22.8 Å². The van der Waals surface area contributed by atoms with Crippen molar-refractivity contribution in [2.45, 2.75) is 25.7 Å². The molecule has 0 saturated carbocycles. The second kappa shape index (κ2) is 19.0. The van der Waals surface area contributed by atoms with Crippen LogP contribution < -0.4 is 16.0 Å². The topological polar surface area (TPSA) is 207 Å². The molecule has 0 bridgehead atoms. The molecular formula is C41H33ClFN17. The number of pyridine rings is 2. The normalized spacial score (nSPS) is 12.7. The number of aliphatic imine (C=N–C) groups is 1. The van der Waals surface area contributed by atoms with Crippen molar-refractivity contribution in [2.24, 2.45) is 15.2 Å². The van der Waals surface area contributed by atoms with Crippen LogP contribution in [0.4, 0.5) is 33.5 Å². The summed E-state index contributed by atoms with van der Waals surface area (Å²) in [5.74, 6) is 2.12. The van der Waals surface area contributed by atoms with Crippen molar-refractivity contribution in [3.63, 3.8) is 0 Å². The van der Waals surface area contributed by atoms with Gasteiger partial charge in [0.05, 0.1) is 23.9 Å². The van der Waals surface area contributed by atoms with Crippen LogP contribution in [0.5, 0.6) is 0 Å². The zero-order valence-corrected chi connectivity index (χ0v) is 32.3. The molecule has 0 saturated heterocycles. The fourth-order valence-corrected chi connectivity index (χ4v) is 6.08. The van der Waals surface area contributed by atoms with E-state index >= 15 is 0 Å². The summed E-state index contributed by atoms with van der Waals surface area (Å²) >= 11 is 6.11. The lowest BCUT2D eigenvalue weighted by molar-refractivity contribution is 0.627. The summed E-state index contributed by atoms with van der Waals surface area (Å²) in [6.45, 7) is 1.11. The maximum atomic E-state index is 13.2. The lowest BCUT2D eigenvalue weighted by Gasteiger charge is -2.11. The van der Waals surface area contributed by atoms with Gasteiger partial charge in [0.15, 0.2) is 17.8 Å². The zero-order valence-electron chi connectivity index (χ0n) is 31.5. The smallest absolute Gasteiger partial charge is 0.230 e. The van der Waals surface area contributed by atoms with Crippen LogP contribution in [-0.2, 0) is 19.5 Å². The first-order valence-corrected chi connectivity index (χ1v) is 18.8. The van der Waals surface area contributed by atoms with E-state index in [-0.39, 0.29) is 12.0 Å². The van der Waals surface area contributed by atoms with Gasteiger partial charge >= 0.3 is 0 Å². The molecule has 296 valence electrons. The average molecular weight is 818 g/mol. The standard InChI is InChI=1S/C24H20FN9.C17H13ClN8/c25-18-8-6-16(7-9-18)13-27-22-20(5-2-10-26-22)23-29-14-30-24(33-23)32-19-4-1-3-17(11-19)12-21-28-15-31-34-21;18-15-14(5-2-6-19-15)16-20-11-21-17(24-16)23-13-4-1-3-12(9-13)10-26-8-7-22-25-26/h1-11,14-15,21H,12-13H2,(H,26,27)(H,29,30,32,33);1-9,11H,10H2,(H,20,21,23,24). The summed E-state index contributed by atoms with van der Waals surface area (Å²) in [5, 5.41) is 25.7. The van der Waals surface area contributed by atoms with E-state index in [4.69, 9.17) is 11.6 Å². The number of azo groups is 1. The Kier molecular flexibility index (Phi) is 12.3. The van der Waals surface area contributed by atoms with Crippen molar-refractivity contribution in [3.05, 3.63) is 162 Å². The molecular weight excluding hydrogens is 785 g/mol. The van der Waals surface area contributed by atoms with Crippen LogP contribution in [-0.4, -0.2) is 67.4 Å². The molecule has 60 heavy (non-hydrogen) atoms. The molecule has 3 aromatic carbocycles. The maximum absolute atomic E-state index is 13.2. The zero-order chi connectivity index (χ0) is 40.9. The van der Waals surface area contributed by atoms with E-state index < -0.39 is 0 Å². The van der Waals surface area contributed by atoms with Gasteiger partial charge in [-0.3, -0.25) is 0 Å². The van der Waals surface area contributed by atoms with Crippen molar-refractivity contribution in [1.82, 2.24) is 54.9 Å². The number of benzene rings is 3. The molecule has 3 N–H and O–H groups in total. The number of nitrogens with zero attached hydrogens (tertiary/aromatic N) is 14. The first-order chi connectivity index (χ1) is 29.5. The monoisotopic (exact) mass is 817 g/mol. The molecule has 0 aliphatic carbocycles. The molecule has 17 nitrogen and oxygen atoms in total. The third-order valence-electron chi connectivity index (χ3n) is 8.66. The number of nitrogens with one attached hydrogen (secondary N) is 3.